The number of nitrogens with one attached hydrogen (secondary N) is 2. The molecule has 112 valence electrons. The molecule has 0 bridgehead atoms. The Morgan fingerprint density at radius 3 is 2.71 bits per heavy atom. The zero-order chi connectivity index (χ0) is 14.5. The van der Waals surface area contributed by atoms with Crippen LogP contribution in [0.25, 0.3) is 0 Å². The minimum Gasteiger partial charge on any atom is -0.354 e. The van der Waals surface area contributed by atoms with Crippen molar-refractivity contribution < 1.29 is 0 Å². The zero-order valence-corrected chi connectivity index (χ0v) is 12.6. The van der Waals surface area contributed by atoms with Crippen molar-refractivity contribution in [2.75, 3.05) is 35.3 Å². The third kappa shape index (κ3) is 3.59. The molecule has 1 fully saturated rings. The van der Waals surface area contributed by atoms with Crippen LogP contribution in [0.2, 0.25) is 0 Å². The highest BCUT2D eigenvalue weighted by molar-refractivity contribution is 7.07. The van der Waals surface area contributed by atoms with Crippen molar-refractivity contribution in [3.8, 4) is 0 Å². The summed E-state index contributed by atoms with van der Waals surface area (Å²) in [7, 11) is 0. The van der Waals surface area contributed by atoms with Gasteiger partial charge in [-0.1, -0.05) is 0 Å². The summed E-state index contributed by atoms with van der Waals surface area (Å²) in [5, 5.41) is 7.48. The molecule has 3 rings (SSSR count). The lowest BCUT2D eigenvalue weighted by Crippen LogP contribution is -2.23. The van der Waals surface area contributed by atoms with Gasteiger partial charge in [0.1, 0.15) is 0 Å². The molecule has 0 aromatic carbocycles. The zero-order valence-electron chi connectivity index (χ0n) is 11.7. The second kappa shape index (κ2) is 6.68. The van der Waals surface area contributed by atoms with E-state index in [0.29, 0.717) is 17.8 Å². The van der Waals surface area contributed by atoms with Crippen LogP contribution in [-0.4, -0.2) is 34.6 Å². The molecule has 3 heterocycles. The van der Waals surface area contributed by atoms with E-state index < -0.39 is 0 Å². The monoisotopic (exact) mass is 305 g/mol. The number of aromatic nitrogens is 3. The predicted octanol–water partition coefficient (Wildman–Crippen LogP) is 1.47. The first-order valence-corrected chi connectivity index (χ1v) is 8.02. The first-order valence-electron chi connectivity index (χ1n) is 7.08. The molecule has 1 aliphatic heterocycles. The first kappa shape index (κ1) is 14.0. The Morgan fingerprint density at radius 1 is 1.19 bits per heavy atom. The number of hydrogen-bond acceptors (Lipinski definition) is 8. The molecule has 1 aliphatic rings. The van der Waals surface area contributed by atoms with Crippen molar-refractivity contribution >= 4 is 29.2 Å². The average Bonchev–Trinajstić information content (AvgIpc) is 3.20. The quantitative estimate of drug-likeness (QED) is 0.550. The normalized spacial score (nSPS) is 14.4. The van der Waals surface area contributed by atoms with Crippen molar-refractivity contribution in [1.29, 1.82) is 0 Å². The summed E-state index contributed by atoms with van der Waals surface area (Å²) in [4.78, 5) is 15.2. The van der Waals surface area contributed by atoms with Gasteiger partial charge in [-0.3, -0.25) is 5.43 Å². The van der Waals surface area contributed by atoms with Crippen LogP contribution in [0, 0.1) is 0 Å². The highest BCUT2D eigenvalue weighted by Gasteiger charge is 2.17. The highest BCUT2D eigenvalue weighted by Crippen LogP contribution is 2.18. The van der Waals surface area contributed by atoms with E-state index in [0.717, 1.165) is 26.1 Å². The smallest absolute Gasteiger partial charge is 0.243 e. The fourth-order valence-corrected chi connectivity index (χ4v) is 3.02. The number of thiophene rings is 1. The maximum atomic E-state index is 5.44. The molecule has 0 aliphatic carbocycles. The summed E-state index contributed by atoms with van der Waals surface area (Å²) >= 11 is 1.71. The molecule has 4 N–H and O–H groups in total. The number of hydrogen-bond donors (Lipinski definition) is 3. The molecule has 0 unspecified atom stereocenters. The van der Waals surface area contributed by atoms with Gasteiger partial charge in [0.15, 0.2) is 0 Å². The van der Waals surface area contributed by atoms with Crippen molar-refractivity contribution in [2.45, 2.75) is 19.3 Å². The van der Waals surface area contributed by atoms with Gasteiger partial charge in [-0.05, 0) is 41.7 Å². The molecule has 7 nitrogen and oxygen atoms in total. The maximum Gasteiger partial charge on any atom is 0.243 e. The summed E-state index contributed by atoms with van der Waals surface area (Å²) < 4.78 is 0. The van der Waals surface area contributed by atoms with E-state index in [1.807, 2.05) is 0 Å². The van der Waals surface area contributed by atoms with Gasteiger partial charge in [0.25, 0.3) is 0 Å². The van der Waals surface area contributed by atoms with E-state index in [-0.39, 0.29) is 0 Å². The fourth-order valence-electron chi connectivity index (χ4n) is 2.32. The van der Waals surface area contributed by atoms with E-state index >= 15 is 0 Å². The molecule has 2 aromatic rings. The Morgan fingerprint density at radius 2 is 2.00 bits per heavy atom. The van der Waals surface area contributed by atoms with Gasteiger partial charge < -0.3 is 10.2 Å². The number of anilines is 3. The highest BCUT2D eigenvalue weighted by atomic mass is 32.1. The van der Waals surface area contributed by atoms with E-state index in [9.17, 15) is 0 Å². The summed E-state index contributed by atoms with van der Waals surface area (Å²) in [5.74, 6) is 7.09. The molecule has 0 spiro atoms. The summed E-state index contributed by atoms with van der Waals surface area (Å²) in [6.45, 7) is 2.76. The van der Waals surface area contributed by atoms with Gasteiger partial charge >= 0.3 is 0 Å². The molecule has 0 radical (unpaired) electrons. The first-order chi connectivity index (χ1) is 10.3. The Hall–Kier alpha value is -1.93. The Balaban J connectivity index is 1.66. The molecular weight excluding hydrogens is 286 g/mol. The van der Waals surface area contributed by atoms with Crippen LogP contribution in [0.3, 0.4) is 0 Å². The Labute approximate surface area is 127 Å². The standard InChI is InChI=1S/C13H19N7S/c14-19-12-16-11(15-5-3-10-4-8-21-9-10)17-13(18-12)20-6-1-2-7-20/h4,8-9H,1-3,5-7,14H2,(H2,15,16,17,18,19). The molecule has 8 heteroatoms. The largest absolute Gasteiger partial charge is 0.354 e. The third-order valence-corrected chi connectivity index (χ3v) is 4.15. The maximum absolute atomic E-state index is 5.44. The minimum absolute atomic E-state index is 0.393. The van der Waals surface area contributed by atoms with Crippen LogP contribution in [0.1, 0.15) is 18.4 Å². The molecular formula is C13H19N7S. The van der Waals surface area contributed by atoms with Gasteiger partial charge in [0.05, 0.1) is 0 Å². The van der Waals surface area contributed by atoms with Gasteiger partial charge in [-0.15, -0.1) is 0 Å². The SMILES string of the molecule is NNc1nc(NCCc2ccsc2)nc(N2CCCC2)n1. The van der Waals surface area contributed by atoms with Crippen molar-refractivity contribution in [3.05, 3.63) is 22.4 Å². The topological polar surface area (TPSA) is 92.0 Å². The molecule has 0 atom stereocenters. The molecule has 2 aromatic heterocycles. The minimum atomic E-state index is 0.393. The Kier molecular flexibility index (Phi) is 4.46. The van der Waals surface area contributed by atoms with E-state index in [4.69, 9.17) is 5.84 Å². The van der Waals surface area contributed by atoms with Crippen molar-refractivity contribution in [3.63, 3.8) is 0 Å². The lowest BCUT2D eigenvalue weighted by molar-refractivity contribution is 0.873. The number of nitrogens with two attached hydrogens (primary N) is 1. The lowest BCUT2D eigenvalue weighted by Gasteiger charge is -2.16. The van der Waals surface area contributed by atoms with Gasteiger partial charge in [-0.25, -0.2) is 5.84 Å². The van der Waals surface area contributed by atoms with Crippen molar-refractivity contribution in [1.82, 2.24) is 15.0 Å². The van der Waals surface area contributed by atoms with Crippen LogP contribution in [-0.2, 0) is 6.42 Å². The summed E-state index contributed by atoms with van der Waals surface area (Å²) in [5.41, 5.74) is 3.83. The second-order valence-corrected chi connectivity index (χ2v) is 5.71. The van der Waals surface area contributed by atoms with E-state index in [2.05, 4.69) is 47.4 Å². The molecule has 21 heavy (non-hydrogen) atoms. The molecule has 0 amide bonds. The van der Waals surface area contributed by atoms with E-state index in [1.54, 1.807) is 11.3 Å². The number of hydrazine groups is 1. The Bertz CT molecular complexity index is 566. The van der Waals surface area contributed by atoms with Crippen LogP contribution in [0.4, 0.5) is 17.8 Å². The summed E-state index contributed by atoms with van der Waals surface area (Å²) in [6.07, 6.45) is 3.30. The molecule has 1 saturated heterocycles. The average molecular weight is 305 g/mol. The van der Waals surface area contributed by atoms with Crippen LogP contribution >= 0.6 is 11.3 Å². The second-order valence-electron chi connectivity index (χ2n) is 4.93. The van der Waals surface area contributed by atoms with Gasteiger partial charge in [0.2, 0.25) is 17.8 Å². The number of nitrogens with zero attached hydrogens (tertiary/aromatic N) is 4. The fraction of sp³-hybridized carbons (Fsp3) is 0.462. The van der Waals surface area contributed by atoms with Crippen LogP contribution in [0.15, 0.2) is 16.8 Å². The van der Waals surface area contributed by atoms with Gasteiger partial charge in [-0.2, -0.15) is 26.3 Å². The van der Waals surface area contributed by atoms with Crippen molar-refractivity contribution in [2.24, 2.45) is 5.84 Å². The summed E-state index contributed by atoms with van der Waals surface area (Å²) in [6, 6.07) is 2.13. The lowest BCUT2D eigenvalue weighted by atomic mass is 10.2. The van der Waals surface area contributed by atoms with Gasteiger partial charge in [0, 0.05) is 19.6 Å². The van der Waals surface area contributed by atoms with Crippen LogP contribution < -0.4 is 21.5 Å². The number of nitrogen functional groups attached to an aromatic ring is 1. The predicted molar refractivity (Wildman–Crippen MR) is 85.6 cm³/mol. The van der Waals surface area contributed by atoms with Crippen LogP contribution in [0.5, 0.6) is 0 Å². The number of rotatable bonds is 6. The molecule has 0 saturated carbocycles. The van der Waals surface area contributed by atoms with E-state index in [1.165, 1.54) is 18.4 Å². The third-order valence-electron chi connectivity index (χ3n) is 3.42.